The Morgan fingerprint density at radius 1 is 1.29 bits per heavy atom. The summed E-state index contributed by atoms with van der Waals surface area (Å²) in [6, 6.07) is 0.446. The zero-order valence-corrected chi connectivity index (χ0v) is 8.78. The van der Waals surface area contributed by atoms with Crippen LogP contribution in [0.4, 0.5) is 0 Å². The molecule has 1 aliphatic carbocycles. The SMILES string of the molecule is NC1CCN(CC2=CCCC=C2)CC1. The Bertz CT molecular complexity index is 235. The third-order valence-corrected chi connectivity index (χ3v) is 3.11. The zero-order valence-electron chi connectivity index (χ0n) is 8.78. The van der Waals surface area contributed by atoms with Gasteiger partial charge in [-0.05, 0) is 44.3 Å². The molecule has 0 bridgehead atoms. The molecule has 0 amide bonds. The highest BCUT2D eigenvalue weighted by Crippen LogP contribution is 2.14. The van der Waals surface area contributed by atoms with Gasteiger partial charge in [0.25, 0.3) is 0 Å². The second-order valence-corrected chi connectivity index (χ2v) is 4.37. The summed E-state index contributed by atoms with van der Waals surface area (Å²) < 4.78 is 0. The van der Waals surface area contributed by atoms with Crippen molar-refractivity contribution in [3.05, 3.63) is 23.8 Å². The smallest absolute Gasteiger partial charge is 0.0230 e. The van der Waals surface area contributed by atoms with E-state index in [2.05, 4.69) is 23.1 Å². The highest BCUT2D eigenvalue weighted by atomic mass is 15.1. The van der Waals surface area contributed by atoms with Gasteiger partial charge in [-0.3, -0.25) is 4.90 Å². The monoisotopic (exact) mass is 192 g/mol. The standard InChI is InChI=1S/C12H20N2/c13-12-6-8-14(9-7-12)10-11-4-2-1-3-5-11/h2,4-5,12H,1,3,6-10,13H2. The molecule has 2 rings (SSSR count). The van der Waals surface area contributed by atoms with Crippen molar-refractivity contribution in [1.82, 2.24) is 4.90 Å². The Balaban J connectivity index is 1.80. The van der Waals surface area contributed by atoms with Gasteiger partial charge in [0.15, 0.2) is 0 Å². The van der Waals surface area contributed by atoms with Crippen LogP contribution < -0.4 is 5.73 Å². The first-order chi connectivity index (χ1) is 6.84. The molecule has 1 heterocycles. The van der Waals surface area contributed by atoms with Crippen LogP contribution in [0.5, 0.6) is 0 Å². The van der Waals surface area contributed by atoms with Crippen molar-refractivity contribution in [2.24, 2.45) is 5.73 Å². The number of piperidine rings is 1. The van der Waals surface area contributed by atoms with Crippen LogP contribution in [0.1, 0.15) is 25.7 Å². The molecular weight excluding hydrogens is 172 g/mol. The van der Waals surface area contributed by atoms with Crippen LogP contribution in [0, 0.1) is 0 Å². The van der Waals surface area contributed by atoms with Crippen LogP contribution in [0.25, 0.3) is 0 Å². The summed E-state index contributed by atoms with van der Waals surface area (Å²) in [5.74, 6) is 0. The van der Waals surface area contributed by atoms with Gasteiger partial charge < -0.3 is 5.73 Å². The maximum absolute atomic E-state index is 5.87. The van der Waals surface area contributed by atoms with Gasteiger partial charge in [-0.15, -0.1) is 0 Å². The summed E-state index contributed by atoms with van der Waals surface area (Å²) in [4.78, 5) is 2.52. The van der Waals surface area contributed by atoms with Crippen LogP contribution in [0.3, 0.4) is 0 Å². The van der Waals surface area contributed by atoms with Crippen LogP contribution in [-0.4, -0.2) is 30.6 Å². The third-order valence-electron chi connectivity index (χ3n) is 3.11. The molecule has 14 heavy (non-hydrogen) atoms. The van der Waals surface area contributed by atoms with Crippen LogP contribution in [0.15, 0.2) is 23.8 Å². The molecule has 0 atom stereocenters. The summed E-state index contributed by atoms with van der Waals surface area (Å²) in [6.07, 6.45) is 11.7. The Hall–Kier alpha value is -0.600. The molecule has 2 aliphatic rings. The predicted octanol–water partition coefficient (Wildman–Crippen LogP) is 1.69. The number of allylic oxidation sites excluding steroid dienone is 2. The molecule has 1 aliphatic heterocycles. The van der Waals surface area contributed by atoms with E-state index in [1.165, 1.54) is 31.5 Å². The summed E-state index contributed by atoms with van der Waals surface area (Å²) in [5.41, 5.74) is 7.37. The number of likely N-dealkylation sites (tertiary alicyclic amines) is 1. The van der Waals surface area contributed by atoms with Gasteiger partial charge in [0, 0.05) is 12.6 Å². The van der Waals surface area contributed by atoms with Gasteiger partial charge in [0.05, 0.1) is 0 Å². The van der Waals surface area contributed by atoms with Crippen LogP contribution in [0.2, 0.25) is 0 Å². The van der Waals surface area contributed by atoms with E-state index < -0.39 is 0 Å². The third kappa shape index (κ3) is 2.69. The Morgan fingerprint density at radius 2 is 2.07 bits per heavy atom. The van der Waals surface area contributed by atoms with Crippen molar-refractivity contribution in [3.63, 3.8) is 0 Å². The molecule has 0 unspecified atom stereocenters. The number of rotatable bonds is 2. The van der Waals surface area contributed by atoms with E-state index in [4.69, 9.17) is 5.73 Å². The first-order valence-corrected chi connectivity index (χ1v) is 5.68. The molecule has 0 aromatic carbocycles. The zero-order chi connectivity index (χ0) is 9.80. The van der Waals surface area contributed by atoms with Crippen molar-refractivity contribution < 1.29 is 0 Å². The van der Waals surface area contributed by atoms with Crippen molar-refractivity contribution in [2.75, 3.05) is 19.6 Å². The van der Waals surface area contributed by atoms with Gasteiger partial charge >= 0.3 is 0 Å². The van der Waals surface area contributed by atoms with E-state index >= 15 is 0 Å². The highest BCUT2D eigenvalue weighted by Gasteiger charge is 2.16. The molecule has 2 N–H and O–H groups in total. The highest BCUT2D eigenvalue weighted by molar-refractivity contribution is 5.23. The lowest BCUT2D eigenvalue weighted by Gasteiger charge is -2.30. The largest absolute Gasteiger partial charge is 0.328 e. The Labute approximate surface area is 86.5 Å². The second-order valence-electron chi connectivity index (χ2n) is 4.37. The molecule has 1 saturated heterocycles. The van der Waals surface area contributed by atoms with Gasteiger partial charge in [-0.25, -0.2) is 0 Å². The van der Waals surface area contributed by atoms with Crippen molar-refractivity contribution >= 4 is 0 Å². The lowest BCUT2D eigenvalue weighted by atomic mass is 10.0. The topological polar surface area (TPSA) is 29.3 Å². The van der Waals surface area contributed by atoms with E-state index in [9.17, 15) is 0 Å². The molecule has 78 valence electrons. The predicted molar refractivity (Wildman–Crippen MR) is 60.1 cm³/mol. The number of nitrogens with two attached hydrogens (primary N) is 1. The molecule has 0 aromatic rings. The second kappa shape index (κ2) is 4.76. The molecule has 0 saturated carbocycles. The number of nitrogens with zero attached hydrogens (tertiary/aromatic N) is 1. The fourth-order valence-electron chi connectivity index (χ4n) is 2.15. The summed E-state index contributed by atoms with van der Waals surface area (Å²) in [7, 11) is 0. The fraction of sp³-hybridized carbons (Fsp3) is 0.667. The van der Waals surface area contributed by atoms with E-state index in [0.717, 1.165) is 19.4 Å². The first kappa shape index (κ1) is 9.94. The molecule has 0 radical (unpaired) electrons. The van der Waals surface area contributed by atoms with Crippen LogP contribution >= 0.6 is 0 Å². The van der Waals surface area contributed by atoms with Crippen LogP contribution in [-0.2, 0) is 0 Å². The van der Waals surface area contributed by atoms with Gasteiger partial charge in [-0.1, -0.05) is 18.2 Å². The Kier molecular flexibility index (Phi) is 3.38. The molecule has 2 nitrogen and oxygen atoms in total. The van der Waals surface area contributed by atoms with Gasteiger partial charge in [0.1, 0.15) is 0 Å². The molecule has 0 spiro atoms. The van der Waals surface area contributed by atoms with Gasteiger partial charge in [0.2, 0.25) is 0 Å². The summed E-state index contributed by atoms with van der Waals surface area (Å²) >= 11 is 0. The molecule has 1 fully saturated rings. The Morgan fingerprint density at radius 3 is 2.71 bits per heavy atom. The minimum atomic E-state index is 0.446. The lowest BCUT2D eigenvalue weighted by molar-refractivity contribution is 0.230. The van der Waals surface area contributed by atoms with E-state index in [1.54, 1.807) is 0 Å². The van der Waals surface area contributed by atoms with Gasteiger partial charge in [-0.2, -0.15) is 0 Å². The normalized spacial score (nSPS) is 25.1. The van der Waals surface area contributed by atoms with Crippen molar-refractivity contribution in [2.45, 2.75) is 31.7 Å². The first-order valence-electron chi connectivity index (χ1n) is 5.68. The maximum atomic E-state index is 5.87. The van der Waals surface area contributed by atoms with Crippen molar-refractivity contribution in [3.8, 4) is 0 Å². The summed E-state index contributed by atoms with van der Waals surface area (Å²) in [5, 5.41) is 0. The quantitative estimate of drug-likeness (QED) is 0.721. The molecular formula is C12H20N2. The number of hydrogen-bond donors (Lipinski definition) is 1. The van der Waals surface area contributed by atoms with E-state index in [1.807, 2.05) is 0 Å². The average molecular weight is 192 g/mol. The summed E-state index contributed by atoms with van der Waals surface area (Å²) in [6.45, 7) is 3.47. The number of hydrogen-bond acceptors (Lipinski definition) is 2. The van der Waals surface area contributed by atoms with E-state index in [-0.39, 0.29) is 0 Å². The minimum Gasteiger partial charge on any atom is -0.328 e. The minimum absolute atomic E-state index is 0.446. The average Bonchev–Trinajstić information content (AvgIpc) is 2.23. The maximum Gasteiger partial charge on any atom is 0.0230 e. The lowest BCUT2D eigenvalue weighted by Crippen LogP contribution is -2.40. The molecule has 0 aromatic heterocycles. The van der Waals surface area contributed by atoms with E-state index in [0.29, 0.717) is 6.04 Å². The fourth-order valence-corrected chi connectivity index (χ4v) is 2.15. The van der Waals surface area contributed by atoms with Crippen molar-refractivity contribution in [1.29, 1.82) is 0 Å². The molecule has 2 heteroatoms.